The summed E-state index contributed by atoms with van der Waals surface area (Å²) in [4.78, 5) is 0. The average molecular weight is 403 g/mol. The molecule has 166 valence electrons. The van der Waals surface area contributed by atoms with E-state index in [1.54, 1.807) is 5.57 Å². The van der Waals surface area contributed by atoms with E-state index in [9.17, 15) is 10.2 Å². The zero-order chi connectivity index (χ0) is 21.1. The van der Waals surface area contributed by atoms with Crippen molar-refractivity contribution in [1.29, 1.82) is 0 Å². The SMILES string of the molecule is CCC(C)(O)CCC[C@H]1CC[C@H]2[C@@H]3CC=C4C[C@@](C)(O)CC[C@]4(C)[C@H]3CC[C@]12C. The van der Waals surface area contributed by atoms with Gasteiger partial charge in [0, 0.05) is 0 Å². The first-order chi connectivity index (χ1) is 13.5. The summed E-state index contributed by atoms with van der Waals surface area (Å²) in [5, 5.41) is 21.0. The molecular formula is C27H46O2. The van der Waals surface area contributed by atoms with Crippen LogP contribution in [-0.4, -0.2) is 21.4 Å². The predicted molar refractivity (Wildman–Crippen MR) is 121 cm³/mol. The highest BCUT2D eigenvalue weighted by atomic mass is 16.3. The Morgan fingerprint density at radius 3 is 2.55 bits per heavy atom. The third-order valence-corrected chi connectivity index (χ3v) is 10.6. The summed E-state index contributed by atoms with van der Waals surface area (Å²) in [7, 11) is 0. The van der Waals surface area contributed by atoms with Crippen LogP contribution in [-0.2, 0) is 0 Å². The molecule has 0 aromatic carbocycles. The van der Waals surface area contributed by atoms with E-state index in [1.807, 2.05) is 13.8 Å². The smallest absolute Gasteiger partial charge is 0.0657 e. The molecule has 0 aromatic rings. The van der Waals surface area contributed by atoms with Gasteiger partial charge >= 0.3 is 0 Å². The summed E-state index contributed by atoms with van der Waals surface area (Å²) in [6.07, 6.45) is 16.8. The summed E-state index contributed by atoms with van der Waals surface area (Å²) in [6.45, 7) is 11.3. The van der Waals surface area contributed by atoms with Gasteiger partial charge in [0.05, 0.1) is 11.2 Å². The van der Waals surface area contributed by atoms with Gasteiger partial charge in [0.2, 0.25) is 0 Å². The molecule has 3 saturated carbocycles. The Kier molecular flexibility index (Phi) is 5.56. The summed E-state index contributed by atoms with van der Waals surface area (Å²) in [6, 6.07) is 0. The minimum absolute atomic E-state index is 0.338. The van der Waals surface area contributed by atoms with Crippen LogP contribution in [0.3, 0.4) is 0 Å². The van der Waals surface area contributed by atoms with Crippen molar-refractivity contribution < 1.29 is 10.2 Å². The Bertz CT molecular complexity index is 647. The first-order valence-electron chi connectivity index (χ1n) is 12.7. The lowest BCUT2D eigenvalue weighted by atomic mass is 9.46. The first-order valence-corrected chi connectivity index (χ1v) is 12.7. The second kappa shape index (κ2) is 7.37. The maximum atomic E-state index is 10.6. The Hall–Kier alpha value is -0.340. The van der Waals surface area contributed by atoms with E-state index in [1.165, 1.54) is 51.4 Å². The molecule has 0 amide bonds. The maximum Gasteiger partial charge on any atom is 0.0657 e. The fourth-order valence-corrected chi connectivity index (χ4v) is 8.29. The van der Waals surface area contributed by atoms with Gasteiger partial charge in [-0.2, -0.15) is 0 Å². The van der Waals surface area contributed by atoms with Crippen LogP contribution in [0.4, 0.5) is 0 Å². The van der Waals surface area contributed by atoms with E-state index in [4.69, 9.17) is 0 Å². The van der Waals surface area contributed by atoms with Crippen molar-refractivity contribution in [3.05, 3.63) is 11.6 Å². The Balaban J connectivity index is 1.47. The van der Waals surface area contributed by atoms with Crippen molar-refractivity contribution in [1.82, 2.24) is 0 Å². The standard InChI is InChI=1S/C27H46O2/c1-6-24(2,28)14-7-8-19-10-12-22-21-11-9-20-18-25(3,29)16-17-27(20,5)23(21)13-15-26(19,22)4/h9,19,21-23,28-29H,6-8,10-18H2,1-5H3/t19-,21-,22-,23-,24?,25-,26+,27-/m0/s1. The van der Waals surface area contributed by atoms with Crippen molar-refractivity contribution >= 4 is 0 Å². The Labute approximate surface area is 179 Å². The van der Waals surface area contributed by atoms with E-state index in [0.717, 1.165) is 49.4 Å². The molecule has 0 radical (unpaired) electrons. The number of allylic oxidation sites excluding steroid dienone is 1. The Morgan fingerprint density at radius 2 is 1.83 bits per heavy atom. The predicted octanol–water partition coefficient (Wildman–Crippen LogP) is 6.65. The van der Waals surface area contributed by atoms with Gasteiger partial charge in [0.1, 0.15) is 0 Å². The number of aliphatic hydroxyl groups is 2. The molecule has 2 N–H and O–H groups in total. The summed E-state index contributed by atoms with van der Waals surface area (Å²) in [5.74, 6) is 3.42. The molecule has 0 bridgehead atoms. The van der Waals surface area contributed by atoms with Crippen LogP contribution in [0.25, 0.3) is 0 Å². The average Bonchev–Trinajstić information content (AvgIpc) is 2.99. The molecule has 0 heterocycles. The molecule has 4 aliphatic carbocycles. The lowest BCUT2D eigenvalue weighted by Gasteiger charge is -2.59. The lowest BCUT2D eigenvalue weighted by Crippen LogP contribution is -2.51. The van der Waals surface area contributed by atoms with Crippen LogP contribution in [0, 0.1) is 34.5 Å². The molecule has 2 heteroatoms. The van der Waals surface area contributed by atoms with Gasteiger partial charge in [-0.3, -0.25) is 0 Å². The van der Waals surface area contributed by atoms with E-state index in [0.29, 0.717) is 10.8 Å². The number of hydrogen-bond acceptors (Lipinski definition) is 2. The molecule has 8 atom stereocenters. The third kappa shape index (κ3) is 3.75. The second-order valence-electron chi connectivity index (χ2n) is 12.5. The lowest BCUT2D eigenvalue weighted by molar-refractivity contribution is -0.0665. The third-order valence-electron chi connectivity index (χ3n) is 10.6. The van der Waals surface area contributed by atoms with E-state index < -0.39 is 11.2 Å². The van der Waals surface area contributed by atoms with Gasteiger partial charge in [-0.15, -0.1) is 0 Å². The first kappa shape index (κ1) is 21.9. The highest BCUT2D eigenvalue weighted by molar-refractivity contribution is 5.26. The fraction of sp³-hybridized carbons (Fsp3) is 0.926. The second-order valence-corrected chi connectivity index (χ2v) is 12.5. The molecule has 4 aliphatic rings. The van der Waals surface area contributed by atoms with Crippen LogP contribution in [0.2, 0.25) is 0 Å². The van der Waals surface area contributed by atoms with Crippen molar-refractivity contribution in [2.45, 2.75) is 123 Å². The molecule has 0 spiro atoms. The molecule has 2 nitrogen and oxygen atoms in total. The molecule has 29 heavy (non-hydrogen) atoms. The van der Waals surface area contributed by atoms with E-state index in [2.05, 4.69) is 26.8 Å². The zero-order valence-corrected chi connectivity index (χ0v) is 19.8. The maximum absolute atomic E-state index is 10.6. The number of hydrogen-bond donors (Lipinski definition) is 2. The van der Waals surface area contributed by atoms with Crippen LogP contribution in [0.15, 0.2) is 11.6 Å². The summed E-state index contributed by atoms with van der Waals surface area (Å²) >= 11 is 0. The Morgan fingerprint density at radius 1 is 1.07 bits per heavy atom. The van der Waals surface area contributed by atoms with Crippen LogP contribution < -0.4 is 0 Å². The number of fused-ring (bicyclic) bond motifs is 5. The molecular weight excluding hydrogens is 356 g/mol. The summed E-state index contributed by atoms with van der Waals surface area (Å²) < 4.78 is 0. The van der Waals surface area contributed by atoms with Gasteiger partial charge in [-0.1, -0.05) is 38.8 Å². The van der Waals surface area contributed by atoms with Crippen LogP contribution >= 0.6 is 0 Å². The topological polar surface area (TPSA) is 40.5 Å². The molecule has 4 rings (SSSR count). The van der Waals surface area contributed by atoms with Crippen LogP contribution in [0.5, 0.6) is 0 Å². The molecule has 0 aromatic heterocycles. The largest absolute Gasteiger partial charge is 0.390 e. The summed E-state index contributed by atoms with van der Waals surface area (Å²) in [5.41, 5.74) is 1.47. The number of rotatable bonds is 5. The van der Waals surface area contributed by atoms with Gasteiger partial charge in [0.25, 0.3) is 0 Å². The highest BCUT2D eigenvalue weighted by Gasteiger charge is 2.58. The van der Waals surface area contributed by atoms with Gasteiger partial charge in [-0.25, -0.2) is 0 Å². The minimum Gasteiger partial charge on any atom is -0.390 e. The van der Waals surface area contributed by atoms with Gasteiger partial charge in [0.15, 0.2) is 0 Å². The zero-order valence-electron chi connectivity index (χ0n) is 19.8. The molecule has 0 saturated heterocycles. The van der Waals surface area contributed by atoms with Crippen molar-refractivity contribution in [3.63, 3.8) is 0 Å². The van der Waals surface area contributed by atoms with E-state index >= 15 is 0 Å². The van der Waals surface area contributed by atoms with E-state index in [-0.39, 0.29) is 0 Å². The monoisotopic (exact) mass is 402 g/mol. The fourth-order valence-electron chi connectivity index (χ4n) is 8.29. The minimum atomic E-state index is -0.487. The van der Waals surface area contributed by atoms with Crippen LogP contribution in [0.1, 0.15) is 112 Å². The highest BCUT2D eigenvalue weighted by Crippen LogP contribution is 2.67. The van der Waals surface area contributed by atoms with Crippen molar-refractivity contribution in [2.75, 3.05) is 0 Å². The van der Waals surface area contributed by atoms with Crippen molar-refractivity contribution in [2.24, 2.45) is 34.5 Å². The molecule has 1 unspecified atom stereocenters. The quantitative estimate of drug-likeness (QED) is 0.506. The molecule has 0 aliphatic heterocycles. The van der Waals surface area contributed by atoms with Gasteiger partial charge in [-0.05, 0) is 119 Å². The van der Waals surface area contributed by atoms with Crippen molar-refractivity contribution in [3.8, 4) is 0 Å². The normalized spacial score (nSPS) is 48.9. The van der Waals surface area contributed by atoms with Gasteiger partial charge < -0.3 is 10.2 Å². The molecule has 3 fully saturated rings.